The van der Waals surface area contributed by atoms with E-state index in [1.807, 2.05) is 0 Å². The summed E-state index contributed by atoms with van der Waals surface area (Å²) >= 11 is 0. The monoisotopic (exact) mass is 293 g/mol. The summed E-state index contributed by atoms with van der Waals surface area (Å²) in [4.78, 5) is 11.2. The summed E-state index contributed by atoms with van der Waals surface area (Å²) in [7, 11) is 1.53. The number of benzene rings is 1. The molecule has 3 N–H and O–H groups in total. The Bertz CT molecular complexity index is 515. The van der Waals surface area contributed by atoms with Crippen LogP contribution >= 0.6 is 0 Å². The highest BCUT2D eigenvalue weighted by Crippen LogP contribution is 2.37. The van der Waals surface area contributed by atoms with E-state index in [1.54, 1.807) is 0 Å². The van der Waals surface area contributed by atoms with Crippen LogP contribution in [0.1, 0.15) is 49.4 Å². The van der Waals surface area contributed by atoms with Crippen molar-refractivity contribution in [2.75, 3.05) is 12.8 Å². The maximum atomic E-state index is 11.2. The van der Waals surface area contributed by atoms with Crippen molar-refractivity contribution in [3.8, 4) is 11.5 Å². The third-order valence-electron chi connectivity index (χ3n) is 4.21. The Balaban J connectivity index is 2.29. The van der Waals surface area contributed by atoms with E-state index in [0.29, 0.717) is 17.4 Å². The molecule has 0 amide bonds. The van der Waals surface area contributed by atoms with Crippen LogP contribution in [0.5, 0.6) is 11.5 Å². The van der Waals surface area contributed by atoms with Crippen LogP contribution < -0.4 is 15.2 Å². The molecule has 1 aliphatic carbocycles. The maximum absolute atomic E-state index is 11.2. The van der Waals surface area contributed by atoms with Crippen molar-refractivity contribution in [3.05, 3.63) is 17.7 Å². The van der Waals surface area contributed by atoms with Crippen LogP contribution in [0, 0.1) is 5.92 Å². The maximum Gasteiger partial charge on any atom is 0.337 e. The quantitative estimate of drug-likeness (QED) is 0.814. The lowest BCUT2D eigenvalue weighted by Gasteiger charge is -2.31. The van der Waals surface area contributed by atoms with Gasteiger partial charge in [0, 0.05) is 12.1 Å². The van der Waals surface area contributed by atoms with Crippen molar-refractivity contribution in [2.45, 2.75) is 45.1 Å². The summed E-state index contributed by atoms with van der Waals surface area (Å²) < 4.78 is 11.4. The van der Waals surface area contributed by atoms with Gasteiger partial charge >= 0.3 is 5.97 Å². The molecule has 2 rings (SSSR count). The third kappa shape index (κ3) is 3.40. The van der Waals surface area contributed by atoms with Gasteiger partial charge in [-0.1, -0.05) is 13.3 Å². The molecule has 0 aromatic heterocycles. The number of nitrogen functional groups attached to an aromatic ring is 1. The summed E-state index contributed by atoms with van der Waals surface area (Å²) in [6.07, 6.45) is 5.71. The number of anilines is 1. The van der Waals surface area contributed by atoms with Crippen molar-refractivity contribution in [1.29, 1.82) is 0 Å². The normalized spacial score (nSPS) is 21.8. The number of carboxylic acids is 1. The van der Waals surface area contributed by atoms with Gasteiger partial charge in [-0.25, -0.2) is 4.79 Å². The minimum atomic E-state index is -1.06. The van der Waals surface area contributed by atoms with Crippen LogP contribution in [0.4, 0.5) is 5.69 Å². The number of nitrogens with two attached hydrogens (primary N) is 1. The topological polar surface area (TPSA) is 81.8 Å². The minimum Gasteiger partial charge on any atom is -0.493 e. The summed E-state index contributed by atoms with van der Waals surface area (Å²) in [6, 6.07) is 2.99. The number of carboxylic acid groups (broad SMARTS) is 1. The average Bonchev–Trinajstić information content (AvgIpc) is 2.48. The second-order valence-corrected chi connectivity index (χ2v) is 5.50. The third-order valence-corrected chi connectivity index (χ3v) is 4.21. The Labute approximate surface area is 125 Å². The van der Waals surface area contributed by atoms with E-state index in [-0.39, 0.29) is 17.4 Å². The Morgan fingerprint density at radius 1 is 1.33 bits per heavy atom. The van der Waals surface area contributed by atoms with E-state index in [2.05, 4.69) is 6.92 Å². The molecule has 116 valence electrons. The molecule has 0 spiro atoms. The molecule has 1 saturated carbocycles. The van der Waals surface area contributed by atoms with E-state index in [4.69, 9.17) is 15.2 Å². The van der Waals surface area contributed by atoms with Crippen molar-refractivity contribution in [2.24, 2.45) is 5.92 Å². The number of rotatable bonds is 5. The molecule has 0 radical (unpaired) electrons. The Hall–Kier alpha value is -1.91. The van der Waals surface area contributed by atoms with Gasteiger partial charge in [0.2, 0.25) is 0 Å². The molecule has 1 aromatic carbocycles. The first-order chi connectivity index (χ1) is 10.1. The highest BCUT2D eigenvalue weighted by Gasteiger charge is 2.27. The zero-order valence-corrected chi connectivity index (χ0v) is 12.6. The van der Waals surface area contributed by atoms with Gasteiger partial charge in [-0.2, -0.15) is 0 Å². The minimum absolute atomic E-state index is 0.0506. The van der Waals surface area contributed by atoms with Crippen LogP contribution in [-0.4, -0.2) is 24.3 Å². The summed E-state index contributed by atoms with van der Waals surface area (Å²) in [5.41, 5.74) is 5.97. The molecule has 1 aliphatic rings. The molecule has 1 aromatic rings. The fourth-order valence-corrected chi connectivity index (χ4v) is 2.97. The fourth-order valence-electron chi connectivity index (χ4n) is 2.97. The largest absolute Gasteiger partial charge is 0.493 e. The van der Waals surface area contributed by atoms with Crippen molar-refractivity contribution >= 4 is 11.7 Å². The molecule has 1 fully saturated rings. The first kappa shape index (κ1) is 15.5. The second-order valence-electron chi connectivity index (χ2n) is 5.50. The summed E-state index contributed by atoms with van der Waals surface area (Å²) in [5.74, 6) is 0.400. The van der Waals surface area contributed by atoms with Crippen LogP contribution in [0.15, 0.2) is 12.1 Å². The van der Waals surface area contributed by atoms with Crippen LogP contribution in [-0.2, 0) is 0 Å². The van der Waals surface area contributed by atoms with Gasteiger partial charge in [-0.05, 0) is 31.6 Å². The van der Waals surface area contributed by atoms with Gasteiger partial charge in [0.1, 0.15) is 6.10 Å². The summed E-state index contributed by atoms with van der Waals surface area (Å²) in [5, 5.41) is 9.18. The average molecular weight is 293 g/mol. The molecule has 2 atom stereocenters. The van der Waals surface area contributed by atoms with Crippen molar-refractivity contribution in [1.82, 2.24) is 0 Å². The molecular weight excluding hydrogens is 270 g/mol. The van der Waals surface area contributed by atoms with Crippen molar-refractivity contribution < 1.29 is 19.4 Å². The number of hydrogen-bond acceptors (Lipinski definition) is 4. The first-order valence-electron chi connectivity index (χ1n) is 7.44. The molecule has 5 nitrogen and oxygen atoms in total. The van der Waals surface area contributed by atoms with E-state index >= 15 is 0 Å². The molecule has 21 heavy (non-hydrogen) atoms. The number of carbonyl (C=O) groups is 1. The van der Waals surface area contributed by atoms with Crippen LogP contribution in [0.25, 0.3) is 0 Å². The van der Waals surface area contributed by atoms with Crippen LogP contribution in [0.3, 0.4) is 0 Å². The van der Waals surface area contributed by atoms with Gasteiger partial charge in [0.05, 0.1) is 18.4 Å². The first-order valence-corrected chi connectivity index (χ1v) is 7.44. The van der Waals surface area contributed by atoms with Gasteiger partial charge in [0.15, 0.2) is 11.5 Å². The predicted molar refractivity (Wildman–Crippen MR) is 81.0 cm³/mol. The van der Waals surface area contributed by atoms with Gasteiger partial charge in [-0.3, -0.25) is 0 Å². The van der Waals surface area contributed by atoms with Crippen molar-refractivity contribution in [3.63, 3.8) is 0 Å². The number of hydrogen-bond donors (Lipinski definition) is 2. The predicted octanol–water partition coefficient (Wildman–Crippen LogP) is 3.32. The molecular formula is C16H23NO4. The zero-order valence-electron chi connectivity index (χ0n) is 12.6. The second kappa shape index (κ2) is 6.70. The zero-order chi connectivity index (χ0) is 15.4. The van der Waals surface area contributed by atoms with E-state index in [9.17, 15) is 9.90 Å². The van der Waals surface area contributed by atoms with E-state index < -0.39 is 5.97 Å². The Kier molecular flexibility index (Phi) is 4.94. The molecule has 0 heterocycles. The fraction of sp³-hybridized carbons (Fsp3) is 0.562. The lowest BCUT2D eigenvalue weighted by atomic mass is 9.85. The molecule has 0 bridgehead atoms. The molecule has 5 heteroatoms. The molecule has 0 aliphatic heterocycles. The van der Waals surface area contributed by atoms with E-state index in [1.165, 1.54) is 25.7 Å². The molecule has 0 saturated heterocycles. The number of aromatic carboxylic acids is 1. The number of ether oxygens (including phenoxy) is 2. The highest BCUT2D eigenvalue weighted by atomic mass is 16.5. The van der Waals surface area contributed by atoms with Crippen LogP contribution in [0.2, 0.25) is 0 Å². The van der Waals surface area contributed by atoms with E-state index in [0.717, 1.165) is 25.7 Å². The Morgan fingerprint density at radius 3 is 2.67 bits per heavy atom. The smallest absolute Gasteiger partial charge is 0.337 e. The standard InChI is InChI=1S/C16H23NO4/c1-3-10-6-4-5-7-13(10)21-15-8-11(16(18)19)12(17)9-14(15)20-2/h8-10,13H,3-7,17H2,1-2H3,(H,18,19). The van der Waals surface area contributed by atoms with Gasteiger partial charge < -0.3 is 20.3 Å². The van der Waals surface area contributed by atoms with Gasteiger partial charge in [0.25, 0.3) is 0 Å². The summed E-state index contributed by atoms with van der Waals surface area (Å²) in [6.45, 7) is 2.16. The Morgan fingerprint density at radius 2 is 2.05 bits per heavy atom. The highest BCUT2D eigenvalue weighted by molar-refractivity contribution is 5.94. The SMILES string of the molecule is CCC1CCCCC1Oc1cc(C(=O)O)c(N)cc1OC. The lowest BCUT2D eigenvalue weighted by Crippen LogP contribution is -2.30. The lowest BCUT2D eigenvalue weighted by molar-refractivity contribution is 0.0693. The van der Waals surface area contributed by atoms with Gasteiger partial charge in [-0.15, -0.1) is 0 Å². The molecule has 2 unspecified atom stereocenters. The number of methoxy groups -OCH3 is 1.